The standard InChI is InChI=1S/C20H33NO3S/c1-14(2)8-6-9-15(3)10-7-11-16(4)12-18(17(5)22)21-19(13-25)20(23)24/h8,10,12,16,19,21,25H,6-7,9,11,13H2,1-5H3,(H,23,24)/t16?,19-/m1/s1. The van der Waals surface area contributed by atoms with E-state index in [4.69, 9.17) is 5.11 Å². The summed E-state index contributed by atoms with van der Waals surface area (Å²) < 4.78 is 0. The summed E-state index contributed by atoms with van der Waals surface area (Å²) in [4.78, 5) is 22.8. The fourth-order valence-electron chi connectivity index (χ4n) is 2.29. The number of allylic oxidation sites excluding steroid dienone is 6. The maximum absolute atomic E-state index is 11.7. The van der Waals surface area contributed by atoms with E-state index < -0.39 is 12.0 Å². The summed E-state index contributed by atoms with van der Waals surface area (Å²) in [5.41, 5.74) is 3.08. The van der Waals surface area contributed by atoms with Crippen LogP contribution >= 0.6 is 12.6 Å². The van der Waals surface area contributed by atoms with Crippen molar-refractivity contribution in [2.24, 2.45) is 5.92 Å². The molecule has 0 saturated carbocycles. The number of carbonyl (C=O) groups is 2. The van der Waals surface area contributed by atoms with Gasteiger partial charge >= 0.3 is 5.97 Å². The van der Waals surface area contributed by atoms with Crippen molar-refractivity contribution in [3.05, 3.63) is 35.1 Å². The molecule has 0 bridgehead atoms. The van der Waals surface area contributed by atoms with Crippen molar-refractivity contribution < 1.29 is 14.7 Å². The molecule has 0 fully saturated rings. The van der Waals surface area contributed by atoms with Gasteiger partial charge in [-0.05, 0) is 52.4 Å². The molecule has 0 aliphatic heterocycles. The second kappa shape index (κ2) is 12.8. The van der Waals surface area contributed by atoms with Crippen LogP contribution in [0.4, 0.5) is 0 Å². The number of ketones is 1. The first-order valence-corrected chi connectivity index (χ1v) is 9.42. The van der Waals surface area contributed by atoms with Crippen molar-refractivity contribution in [3.8, 4) is 0 Å². The van der Waals surface area contributed by atoms with E-state index in [1.807, 2.05) is 13.0 Å². The van der Waals surface area contributed by atoms with Crippen molar-refractivity contribution in [3.63, 3.8) is 0 Å². The number of aliphatic carboxylic acids is 1. The fraction of sp³-hybridized carbons (Fsp3) is 0.600. The highest BCUT2D eigenvalue weighted by molar-refractivity contribution is 7.80. The van der Waals surface area contributed by atoms with Crippen LogP contribution in [0.25, 0.3) is 0 Å². The Bertz CT molecular complexity index is 531. The van der Waals surface area contributed by atoms with E-state index in [0.717, 1.165) is 25.7 Å². The highest BCUT2D eigenvalue weighted by Crippen LogP contribution is 2.14. The maximum atomic E-state index is 11.7. The number of carboxylic acid groups (broad SMARTS) is 1. The molecule has 0 aromatic heterocycles. The summed E-state index contributed by atoms with van der Waals surface area (Å²) in [6, 6.07) is -0.858. The summed E-state index contributed by atoms with van der Waals surface area (Å²) in [6.07, 6.45) is 10.3. The van der Waals surface area contributed by atoms with Crippen LogP contribution in [0.2, 0.25) is 0 Å². The first kappa shape index (κ1) is 23.5. The number of carbonyl (C=O) groups excluding carboxylic acids is 1. The molecule has 0 radical (unpaired) electrons. The SMILES string of the molecule is CC(=O)C(=CC(C)CCC=C(C)CCC=C(C)C)N[C@H](CS)C(=O)O. The summed E-state index contributed by atoms with van der Waals surface area (Å²) in [7, 11) is 0. The zero-order valence-electron chi connectivity index (χ0n) is 16.1. The van der Waals surface area contributed by atoms with E-state index >= 15 is 0 Å². The van der Waals surface area contributed by atoms with Gasteiger partial charge in [-0.15, -0.1) is 0 Å². The molecule has 25 heavy (non-hydrogen) atoms. The van der Waals surface area contributed by atoms with Crippen LogP contribution in [-0.2, 0) is 9.59 Å². The average Bonchev–Trinajstić information content (AvgIpc) is 2.50. The van der Waals surface area contributed by atoms with Crippen molar-refractivity contribution in [1.82, 2.24) is 5.32 Å². The minimum absolute atomic E-state index is 0.127. The van der Waals surface area contributed by atoms with E-state index in [1.54, 1.807) is 0 Å². The summed E-state index contributed by atoms with van der Waals surface area (Å²) in [6.45, 7) is 9.84. The second-order valence-corrected chi connectivity index (χ2v) is 7.14. The summed E-state index contributed by atoms with van der Waals surface area (Å²) in [5.74, 6) is -0.859. The number of Topliss-reactive ketones (excluding diaryl/α,β-unsaturated/α-hetero) is 1. The third kappa shape index (κ3) is 11.6. The molecule has 0 aliphatic carbocycles. The van der Waals surface area contributed by atoms with Gasteiger partial charge in [-0.1, -0.05) is 36.3 Å². The number of carboxylic acids is 1. The van der Waals surface area contributed by atoms with Crippen LogP contribution in [0, 0.1) is 5.92 Å². The van der Waals surface area contributed by atoms with Gasteiger partial charge < -0.3 is 10.4 Å². The van der Waals surface area contributed by atoms with E-state index in [1.165, 1.54) is 18.1 Å². The Kier molecular flexibility index (Phi) is 12.0. The third-order valence-electron chi connectivity index (χ3n) is 3.85. The van der Waals surface area contributed by atoms with Gasteiger partial charge in [-0.2, -0.15) is 12.6 Å². The molecular weight excluding hydrogens is 334 g/mol. The Morgan fingerprint density at radius 2 is 1.76 bits per heavy atom. The molecule has 0 spiro atoms. The zero-order valence-corrected chi connectivity index (χ0v) is 17.0. The van der Waals surface area contributed by atoms with Crippen LogP contribution < -0.4 is 5.32 Å². The largest absolute Gasteiger partial charge is 0.480 e. The first-order chi connectivity index (χ1) is 11.7. The normalized spacial score (nSPS) is 14.6. The molecule has 2 N–H and O–H groups in total. The fourth-order valence-corrected chi connectivity index (χ4v) is 2.54. The highest BCUT2D eigenvalue weighted by Gasteiger charge is 2.18. The predicted molar refractivity (Wildman–Crippen MR) is 108 cm³/mol. The number of thiol groups is 1. The Morgan fingerprint density at radius 1 is 1.12 bits per heavy atom. The smallest absolute Gasteiger partial charge is 0.326 e. The van der Waals surface area contributed by atoms with E-state index in [9.17, 15) is 9.59 Å². The van der Waals surface area contributed by atoms with Gasteiger partial charge in [-0.3, -0.25) is 4.79 Å². The molecule has 4 nitrogen and oxygen atoms in total. The molecule has 5 heteroatoms. The molecular formula is C20H33NO3S. The van der Waals surface area contributed by atoms with Gasteiger partial charge in [0.15, 0.2) is 5.78 Å². The summed E-state index contributed by atoms with van der Waals surface area (Å²) in [5, 5.41) is 11.9. The van der Waals surface area contributed by atoms with Crippen molar-refractivity contribution in [2.45, 2.75) is 66.3 Å². The molecule has 0 aliphatic rings. The van der Waals surface area contributed by atoms with Crippen LogP contribution in [-0.4, -0.2) is 28.7 Å². The Balaban J connectivity index is 4.61. The van der Waals surface area contributed by atoms with Gasteiger partial charge in [0.1, 0.15) is 6.04 Å². The maximum Gasteiger partial charge on any atom is 0.326 e. The molecule has 0 amide bonds. The Labute approximate surface area is 157 Å². The van der Waals surface area contributed by atoms with E-state index in [-0.39, 0.29) is 17.5 Å². The molecule has 142 valence electrons. The number of nitrogens with one attached hydrogen (secondary N) is 1. The average molecular weight is 368 g/mol. The lowest BCUT2D eigenvalue weighted by Crippen LogP contribution is -2.39. The number of hydrogen-bond donors (Lipinski definition) is 3. The molecule has 1 unspecified atom stereocenters. The van der Waals surface area contributed by atoms with E-state index in [2.05, 4.69) is 50.9 Å². The molecule has 0 saturated heterocycles. The van der Waals surface area contributed by atoms with Crippen LogP contribution in [0.1, 0.15) is 60.3 Å². The number of hydrogen-bond acceptors (Lipinski definition) is 4. The van der Waals surface area contributed by atoms with Crippen molar-refractivity contribution in [1.29, 1.82) is 0 Å². The summed E-state index contributed by atoms with van der Waals surface area (Å²) >= 11 is 4.01. The lowest BCUT2D eigenvalue weighted by atomic mass is 10.0. The topological polar surface area (TPSA) is 66.4 Å². The van der Waals surface area contributed by atoms with Crippen LogP contribution in [0.5, 0.6) is 0 Å². The first-order valence-electron chi connectivity index (χ1n) is 8.79. The molecule has 0 heterocycles. The Morgan fingerprint density at radius 3 is 2.24 bits per heavy atom. The zero-order chi connectivity index (χ0) is 19.4. The molecule has 0 rings (SSSR count). The quantitative estimate of drug-likeness (QED) is 0.269. The van der Waals surface area contributed by atoms with Gasteiger partial charge in [-0.25, -0.2) is 4.79 Å². The lowest BCUT2D eigenvalue weighted by Gasteiger charge is -2.16. The van der Waals surface area contributed by atoms with Gasteiger partial charge in [0.05, 0.1) is 5.70 Å². The minimum Gasteiger partial charge on any atom is -0.480 e. The van der Waals surface area contributed by atoms with Crippen molar-refractivity contribution in [2.75, 3.05) is 5.75 Å². The van der Waals surface area contributed by atoms with Gasteiger partial charge in [0.2, 0.25) is 0 Å². The lowest BCUT2D eigenvalue weighted by molar-refractivity contribution is -0.138. The predicted octanol–water partition coefficient (Wildman–Crippen LogP) is 4.54. The molecule has 2 atom stereocenters. The second-order valence-electron chi connectivity index (χ2n) is 6.78. The highest BCUT2D eigenvalue weighted by atomic mass is 32.1. The van der Waals surface area contributed by atoms with Gasteiger partial charge in [0, 0.05) is 12.7 Å². The Hall–Kier alpha value is -1.49. The van der Waals surface area contributed by atoms with E-state index in [0.29, 0.717) is 5.70 Å². The molecule has 0 aromatic carbocycles. The van der Waals surface area contributed by atoms with Crippen LogP contribution in [0.15, 0.2) is 35.1 Å². The number of rotatable bonds is 12. The third-order valence-corrected chi connectivity index (χ3v) is 4.21. The minimum atomic E-state index is -1.01. The van der Waals surface area contributed by atoms with Crippen LogP contribution in [0.3, 0.4) is 0 Å². The molecule has 0 aromatic rings. The van der Waals surface area contributed by atoms with Crippen molar-refractivity contribution >= 4 is 24.4 Å². The van der Waals surface area contributed by atoms with Gasteiger partial charge in [0.25, 0.3) is 0 Å². The monoisotopic (exact) mass is 367 g/mol.